The van der Waals surface area contributed by atoms with E-state index in [1.165, 1.54) is 0 Å². The number of aryl methyl sites for hydroxylation is 1. The summed E-state index contributed by atoms with van der Waals surface area (Å²) in [5, 5.41) is 7.23. The van der Waals surface area contributed by atoms with Crippen molar-refractivity contribution in [3.05, 3.63) is 46.7 Å². The number of halogens is 1. The second-order valence-corrected chi connectivity index (χ2v) is 5.35. The molecular formula is C16H21ClN4. The molecular weight excluding hydrogens is 284 g/mol. The van der Waals surface area contributed by atoms with Crippen molar-refractivity contribution in [2.75, 3.05) is 17.7 Å². The molecule has 0 saturated heterocycles. The molecule has 0 bridgehead atoms. The van der Waals surface area contributed by atoms with Crippen molar-refractivity contribution in [3.63, 3.8) is 0 Å². The molecule has 5 heteroatoms. The van der Waals surface area contributed by atoms with E-state index in [1.807, 2.05) is 37.4 Å². The van der Waals surface area contributed by atoms with Crippen LogP contribution in [0.3, 0.4) is 0 Å². The van der Waals surface area contributed by atoms with E-state index in [-0.39, 0.29) is 6.04 Å². The summed E-state index contributed by atoms with van der Waals surface area (Å²) in [6, 6.07) is 9.83. The lowest BCUT2D eigenvalue weighted by Gasteiger charge is -2.17. The van der Waals surface area contributed by atoms with Gasteiger partial charge in [0.15, 0.2) is 0 Å². The highest BCUT2D eigenvalue weighted by atomic mass is 35.5. The van der Waals surface area contributed by atoms with Gasteiger partial charge >= 0.3 is 0 Å². The summed E-state index contributed by atoms with van der Waals surface area (Å²) >= 11 is 6.24. The summed E-state index contributed by atoms with van der Waals surface area (Å²) in [5.41, 5.74) is 1.06. The quantitative estimate of drug-likeness (QED) is 0.835. The number of anilines is 2. The first kappa shape index (κ1) is 15.6. The molecule has 21 heavy (non-hydrogen) atoms. The molecule has 4 nitrogen and oxygen atoms in total. The maximum Gasteiger partial charge on any atom is 0.133 e. The Bertz CT molecular complexity index is 601. The van der Waals surface area contributed by atoms with Crippen molar-refractivity contribution in [3.8, 4) is 0 Å². The van der Waals surface area contributed by atoms with Crippen LogP contribution in [0.15, 0.2) is 30.3 Å². The Morgan fingerprint density at radius 2 is 1.90 bits per heavy atom. The van der Waals surface area contributed by atoms with Crippen molar-refractivity contribution in [2.24, 2.45) is 0 Å². The van der Waals surface area contributed by atoms with Gasteiger partial charge in [-0.3, -0.25) is 0 Å². The van der Waals surface area contributed by atoms with Crippen molar-refractivity contribution >= 4 is 23.2 Å². The summed E-state index contributed by atoms with van der Waals surface area (Å²) in [6.07, 6.45) is 1.89. The number of aromatic nitrogens is 2. The highest BCUT2D eigenvalue weighted by Gasteiger charge is 2.11. The molecule has 0 spiro atoms. The van der Waals surface area contributed by atoms with Gasteiger partial charge in [0.2, 0.25) is 0 Å². The van der Waals surface area contributed by atoms with Gasteiger partial charge in [-0.25, -0.2) is 9.97 Å². The largest absolute Gasteiger partial charge is 0.373 e. The third kappa shape index (κ3) is 4.08. The maximum atomic E-state index is 6.24. The number of rotatable bonds is 6. The molecule has 0 aliphatic heterocycles. The van der Waals surface area contributed by atoms with E-state index in [0.717, 1.165) is 40.9 Å². The predicted molar refractivity (Wildman–Crippen MR) is 89.1 cm³/mol. The Morgan fingerprint density at radius 3 is 2.57 bits per heavy atom. The van der Waals surface area contributed by atoms with Gasteiger partial charge in [0.1, 0.15) is 17.5 Å². The van der Waals surface area contributed by atoms with E-state index in [4.69, 9.17) is 11.6 Å². The molecule has 2 rings (SSSR count). The van der Waals surface area contributed by atoms with E-state index in [0.29, 0.717) is 0 Å². The standard InChI is InChI=1S/C16H21ClN4/c1-4-7-14-20-15(18-3)10-16(21-14)19-11(2)12-8-5-6-9-13(12)17/h5-6,8-11H,4,7H2,1-3H3,(H2,18,19,20,21). The van der Waals surface area contributed by atoms with Crippen LogP contribution in [-0.2, 0) is 6.42 Å². The highest BCUT2D eigenvalue weighted by Crippen LogP contribution is 2.25. The average molecular weight is 305 g/mol. The molecule has 0 radical (unpaired) electrons. The van der Waals surface area contributed by atoms with E-state index in [2.05, 4.69) is 34.4 Å². The second-order valence-electron chi connectivity index (χ2n) is 4.94. The molecule has 112 valence electrons. The first-order chi connectivity index (χ1) is 10.1. The fourth-order valence-corrected chi connectivity index (χ4v) is 2.46. The van der Waals surface area contributed by atoms with Crippen LogP contribution in [0, 0.1) is 0 Å². The molecule has 1 unspecified atom stereocenters. The molecule has 0 saturated carbocycles. The molecule has 1 aromatic carbocycles. The third-order valence-electron chi connectivity index (χ3n) is 3.24. The van der Waals surface area contributed by atoms with Crippen molar-refractivity contribution in [1.29, 1.82) is 0 Å². The van der Waals surface area contributed by atoms with E-state index in [1.54, 1.807) is 0 Å². The minimum absolute atomic E-state index is 0.0767. The highest BCUT2D eigenvalue weighted by molar-refractivity contribution is 6.31. The second kappa shape index (κ2) is 7.27. The van der Waals surface area contributed by atoms with Crippen molar-refractivity contribution in [2.45, 2.75) is 32.7 Å². The summed E-state index contributed by atoms with van der Waals surface area (Å²) in [7, 11) is 1.86. The Hall–Kier alpha value is -1.81. The summed E-state index contributed by atoms with van der Waals surface area (Å²) in [5.74, 6) is 2.48. The molecule has 0 amide bonds. The first-order valence-corrected chi connectivity index (χ1v) is 7.58. The molecule has 0 aliphatic carbocycles. The SMILES string of the molecule is CCCc1nc(NC)cc(NC(C)c2ccccc2Cl)n1. The zero-order valence-corrected chi connectivity index (χ0v) is 13.4. The fourth-order valence-electron chi connectivity index (χ4n) is 2.16. The molecule has 2 N–H and O–H groups in total. The van der Waals surface area contributed by atoms with E-state index < -0.39 is 0 Å². The Morgan fingerprint density at radius 1 is 1.19 bits per heavy atom. The van der Waals surface area contributed by atoms with Crippen LogP contribution in [-0.4, -0.2) is 17.0 Å². The summed E-state index contributed by atoms with van der Waals surface area (Å²) < 4.78 is 0. The van der Waals surface area contributed by atoms with E-state index in [9.17, 15) is 0 Å². The van der Waals surface area contributed by atoms with Crippen LogP contribution in [0.2, 0.25) is 5.02 Å². The monoisotopic (exact) mass is 304 g/mol. The van der Waals surface area contributed by atoms with Crippen LogP contribution in [0.1, 0.15) is 37.7 Å². The summed E-state index contributed by atoms with van der Waals surface area (Å²) in [6.45, 7) is 4.19. The molecule has 2 aromatic rings. The van der Waals surface area contributed by atoms with Crippen molar-refractivity contribution in [1.82, 2.24) is 9.97 Å². The molecule has 0 aliphatic rings. The number of benzene rings is 1. The Labute approximate surface area is 131 Å². The van der Waals surface area contributed by atoms with Gasteiger partial charge in [-0.1, -0.05) is 36.7 Å². The molecule has 0 fully saturated rings. The van der Waals surface area contributed by atoms with Crippen molar-refractivity contribution < 1.29 is 0 Å². The number of nitrogens with one attached hydrogen (secondary N) is 2. The first-order valence-electron chi connectivity index (χ1n) is 7.20. The van der Waals surface area contributed by atoms with Crippen LogP contribution < -0.4 is 10.6 Å². The fraction of sp³-hybridized carbons (Fsp3) is 0.375. The molecule has 1 heterocycles. The smallest absolute Gasteiger partial charge is 0.133 e. The van der Waals surface area contributed by atoms with Gasteiger partial charge in [-0.05, 0) is 25.0 Å². The van der Waals surface area contributed by atoms with Crippen LogP contribution in [0.5, 0.6) is 0 Å². The third-order valence-corrected chi connectivity index (χ3v) is 3.58. The van der Waals surface area contributed by atoms with E-state index >= 15 is 0 Å². The Balaban J connectivity index is 2.22. The van der Waals surface area contributed by atoms with Gasteiger partial charge in [0, 0.05) is 24.6 Å². The lowest BCUT2D eigenvalue weighted by molar-refractivity contribution is 0.820. The Kier molecular flexibility index (Phi) is 5.39. The molecule has 1 atom stereocenters. The van der Waals surface area contributed by atoms with Gasteiger partial charge < -0.3 is 10.6 Å². The normalized spacial score (nSPS) is 12.0. The number of hydrogen-bond donors (Lipinski definition) is 2. The minimum Gasteiger partial charge on any atom is -0.373 e. The minimum atomic E-state index is 0.0767. The summed E-state index contributed by atoms with van der Waals surface area (Å²) in [4.78, 5) is 9.01. The van der Waals surface area contributed by atoms with Gasteiger partial charge in [0.25, 0.3) is 0 Å². The van der Waals surface area contributed by atoms with Gasteiger partial charge in [0.05, 0.1) is 6.04 Å². The number of hydrogen-bond acceptors (Lipinski definition) is 4. The predicted octanol–water partition coefficient (Wildman–Crippen LogP) is 4.30. The molecule has 1 aromatic heterocycles. The maximum absolute atomic E-state index is 6.24. The average Bonchev–Trinajstić information content (AvgIpc) is 2.47. The van der Waals surface area contributed by atoms with Gasteiger partial charge in [-0.15, -0.1) is 0 Å². The van der Waals surface area contributed by atoms with Gasteiger partial charge in [-0.2, -0.15) is 0 Å². The zero-order chi connectivity index (χ0) is 15.2. The lowest BCUT2D eigenvalue weighted by Crippen LogP contribution is -2.11. The number of nitrogens with zero attached hydrogens (tertiary/aromatic N) is 2. The van der Waals surface area contributed by atoms with Crippen LogP contribution in [0.4, 0.5) is 11.6 Å². The van der Waals surface area contributed by atoms with Crippen LogP contribution in [0.25, 0.3) is 0 Å². The van der Waals surface area contributed by atoms with Crippen LogP contribution >= 0.6 is 11.6 Å². The zero-order valence-electron chi connectivity index (χ0n) is 12.7. The lowest BCUT2D eigenvalue weighted by atomic mass is 10.1. The topological polar surface area (TPSA) is 49.8 Å².